The summed E-state index contributed by atoms with van der Waals surface area (Å²) in [6.07, 6.45) is 3.21. The van der Waals surface area contributed by atoms with Gasteiger partial charge in [-0.25, -0.2) is 0 Å². The summed E-state index contributed by atoms with van der Waals surface area (Å²) in [5.41, 5.74) is 2.57. The van der Waals surface area contributed by atoms with Crippen LogP contribution in [0.2, 0.25) is 0 Å². The molecule has 2 heteroatoms. The van der Waals surface area contributed by atoms with Crippen molar-refractivity contribution in [1.29, 1.82) is 0 Å². The summed E-state index contributed by atoms with van der Waals surface area (Å²) in [7, 11) is 0. The molecule has 3 aliphatic rings. The van der Waals surface area contributed by atoms with Gasteiger partial charge >= 0.3 is 0 Å². The Labute approximate surface area is 73.0 Å². The van der Waals surface area contributed by atoms with Crippen molar-refractivity contribution in [1.82, 2.24) is 0 Å². The molecule has 2 bridgehead atoms. The quantitative estimate of drug-likeness (QED) is 0.434. The minimum absolute atomic E-state index is 0.320. The molecule has 0 aromatic carbocycles. The molecule has 66 valence electrons. The highest BCUT2D eigenvalue weighted by Crippen LogP contribution is 2.57. The summed E-state index contributed by atoms with van der Waals surface area (Å²) in [5, 5.41) is 12.1. The SMILES string of the molecule is CC1=CC(=NO)C2CC1C2(C)C. The van der Waals surface area contributed by atoms with Crippen molar-refractivity contribution < 1.29 is 5.21 Å². The topological polar surface area (TPSA) is 32.6 Å². The van der Waals surface area contributed by atoms with Gasteiger partial charge in [0.2, 0.25) is 0 Å². The van der Waals surface area contributed by atoms with Gasteiger partial charge < -0.3 is 5.21 Å². The van der Waals surface area contributed by atoms with E-state index in [9.17, 15) is 0 Å². The van der Waals surface area contributed by atoms with Crippen molar-refractivity contribution >= 4 is 5.71 Å². The Morgan fingerprint density at radius 1 is 1.50 bits per heavy atom. The van der Waals surface area contributed by atoms with Crippen LogP contribution in [0.15, 0.2) is 16.8 Å². The zero-order valence-corrected chi connectivity index (χ0v) is 7.83. The molecule has 2 unspecified atom stereocenters. The molecule has 0 radical (unpaired) electrons. The molecule has 0 aromatic rings. The average molecular weight is 165 g/mol. The van der Waals surface area contributed by atoms with Crippen molar-refractivity contribution in [2.24, 2.45) is 22.4 Å². The molecule has 1 saturated carbocycles. The molecule has 2 nitrogen and oxygen atoms in total. The van der Waals surface area contributed by atoms with E-state index in [0.717, 1.165) is 5.71 Å². The summed E-state index contributed by atoms with van der Waals surface area (Å²) in [6, 6.07) is 0. The Morgan fingerprint density at radius 3 is 2.58 bits per heavy atom. The Kier molecular flexibility index (Phi) is 1.39. The molecule has 0 heterocycles. The van der Waals surface area contributed by atoms with E-state index in [2.05, 4.69) is 25.9 Å². The van der Waals surface area contributed by atoms with Crippen molar-refractivity contribution in [3.05, 3.63) is 11.6 Å². The maximum absolute atomic E-state index is 8.78. The summed E-state index contributed by atoms with van der Waals surface area (Å²) in [6.45, 7) is 6.65. The van der Waals surface area contributed by atoms with Crippen molar-refractivity contribution in [3.8, 4) is 0 Å². The first kappa shape index (κ1) is 7.84. The van der Waals surface area contributed by atoms with E-state index in [-0.39, 0.29) is 0 Å². The molecule has 0 aromatic heterocycles. The first-order valence-electron chi connectivity index (χ1n) is 4.47. The fourth-order valence-electron chi connectivity index (χ4n) is 2.73. The summed E-state index contributed by atoms with van der Waals surface area (Å²) < 4.78 is 0. The molecule has 0 amide bonds. The molecule has 0 aliphatic heterocycles. The van der Waals surface area contributed by atoms with Crippen LogP contribution in [0.4, 0.5) is 0 Å². The van der Waals surface area contributed by atoms with E-state index < -0.39 is 0 Å². The second kappa shape index (κ2) is 2.12. The van der Waals surface area contributed by atoms with Gasteiger partial charge in [0.25, 0.3) is 0 Å². The predicted molar refractivity (Wildman–Crippen MR) is 48.4 cm³/mol. The summed E-state index contributed by atoms with van der Waals surface area (Å²) >= 11 is 0. The molecule has 1 N–H and O–H groups in total. The molecule has 0 saturated heterocycles. The van der Waals surface area contributed by atoms with Gasteiger partial charge in [0, 0.05) is 5.92 Å². The van der Waals surface area contributed by atoms with Gasteiger partial charge in [-0.2, -0.15) is 0 Å². The normalized spacial score (nSPS) is 40.6. The third-order valence-corrected chi connectivity index (χ3v) is 3.67. The minimum Gasteiger partial charge on any atom is -0.411 e. The standard InChI is InChI=1S/C10H15NO/c1-6-4-9(11-12)8-5-7(6)10(8,2)3/h4,7-8,12H,5H2,1-3H3. The lowest BCUT2D eigenvalue weighted by Crippen LogP contribution is -2.52. The van der Waals surface area contributed by atoms with Crippen LogP contribution in [0.25, 0.3) is 0 Å². The van der Waals surface area contributed by atoms with Gasteiger partial charge in [0.05, 0.1) is 5.71 Å². The van der Waals surface area contributed by atoms with Crippen molar-refractivity contribution in [3.63, 3.8) is 0 Å². The van der Waals surface area contributed by atoms with Gasteiger partial charge in [-0.3, -0.25) is 0 Å². The highest BCUT2D eigenvalue weighted by atomic mass is 16.4. The fourth-order valence-corrected chi connectivity index (χ4v) is 2.73. The number of nitrogens with zero attached hydrogens (tertiary/aromatic N) is 1. The molecule has 2 atom stereocenters. The molecule has 3 aliphatic carbocycles. The first-order valence-corrected chi connectivity index (χ1v) is 4.47. The van der Waals surface area contributed by atoms with Crippen LogP contribution in [0.1, 0.15) is 27.2 Å². The van der Waals surface area contributed by atoms with Gasteiger partial charge in [-0.1, -0.05) is 24.6 Å². The van der Waals surface area contributed by atoms with E-state index >= 15 is 0 Å². The van der Waals surface area contributed by atoms with Crippen LogP contribution in [-0.2, 0) is 0 Å². The molecular formula is C10H15NO. The lowest BCUT2D eigenvalue weighted by Gasteiger charge is -2.55. The predicted octanol–water partition coefficient (Wildman–Crippen LogP) is 2.44. The largest absolute Gasteiger partial charge is 0.411 e. The number of hydrogen-bond donors (Lipinski definition) is 1. The number of oxime groups is 1. The number of allylic oxidation sites excluding steroid dienone is 2. The smallest absolute Gasteiger partial charge is 0.0831 e. The Morgan fingerprint density at radius 2 is 2.17 bits per heavy atom. The summed E-state index contributed by atoms with van der Waals surface area (Å²) in [5.74, 6) is 1.20. The van der Waals surface area contributed by atoms with E-state index in [0.29, 0.717) is 17.3 Å². The van der Waals surface area contributed by atoms with Crippen LogP contribution >= 0.6 is 0 Å². The number of hydrogen-bond acceptors (Lipinski definition) is 2. The van der Waals surface area contributed by atoms with Gasteiger partial charge in [0.1, 0.15) is 0 Å². The minimum atomic E-state index is 0.320. The third-order valence-electron chi connectivity index (χ3n) is 3.67. The third kappa shape index (κ3) is 0.728. The summed E-state index contributed by atoms with van der Waals surface area (Å²) in [4.78, 5) is 0. The molecular weight excluding hydrogens is 150 g/mol. The Balaban J connectivity index is 2.42. The maximum Gasteiger partial charge on any atom is 0.0831 e. The van der Waals surface area contributed by atoms with E-state index in [1.807, 2.05) is 6.08 Å². The molecule has 12 heavy (non-hydrogen) atoms. The Hall–Kier alpha value is -0.790. The van der Waals surface area contributed by atoms with Gasteiger partial charge in [-0.15, -0.1) is 0 Å². The van der Waals surface area contributed by atoms with E-state index in [1.54, 1.807) is 0 Å². The lowest BCUT2D eigenvalue weighted by molar-refractivity contribution is 0.0446. The van der Waals surface area contributed by atoms with Crippen LogP contribution in [-0.4, -0.2) is 10.9 Å². The Bertz CT molecular complexity index is 276. The maximum atomic E-state index is 8.78. The van der Waals surface area contributed by atoms with Crippen LogP contribution in [0.3, 0.4) is 0 Å². The van der Waals surface area contributed by atoms with Gasteiger partial charge in [-0.05, 0) is 30.8 Å². The second-order valence-electron chi connectivity index (χ2n) is 4.58. The van der Waals surface area contributed by atoms with E-state index in [1.165, 1.54) is 12.0 Å². The zero-order chi connectivity index (χ0) is 8.93. The number of fused-ring (bicyclic) bond motifs is 1. The first-order chi connectivity index (χ1) is 5.57. The second-order valence-corrected chi connectivity index (χ2v) is 4.58. The monoisotopic (exact) mass is 165 g/mol. The highest BCUT2D eigenvalue weighted by Gasteiger charge is 2.53. The van der Waals surface area contributed by atoms with Crippen LogP contribution in [0, 0.1) is 17.3 Å². The van der Waals surface area contributed by atoms with Gasteiger partial charge in [0.15, 0.2) is 0 Å². The average Bonchev–Trinajstić information content (AvgIpc) is 2.02. The van der Waals surface area contributed by atoms with Crippen LogP contribution < -0.4 is 0 Å². The lowest BCUT2D eigenvalue weighted by atomic mass is 9.48. The van der Waals surface area contributed by atoms with Crippen molar-refractivity contribution in [2.45, 2.75) is 27.2 Å². The van der Waals surface area contributed by atoms with Crippen LogP contribution in [0.5, 0.6) is 0 Å². The fraction of sp³-hybridized carbons (Fsp3) is 0.700. The molecule has 1 fully saturated rings. The zero-order valence-electron chi connectivity index (χ0n) is 7.83. The molecule has 0 spiro atoms. The van der Waals surface area contributed by atoms with Crippen molar-refractivity contribution in [2.75, 3.05) is 0 Å². The number of rotatable bonds is 0. The highest BCUT2D eigenvalue weighted by molar-refractivity contribution is 6.00. The molecule has 3 rings (SSSR count). The van der Waals surface area contributed by atoms with E-state index in [4.69, 9.17) is 5.21 Å².